The largest absolute Gasteiger partial charge is 0.329 e. The summed E-state index contributed by atoms with van der Waals surface area (Å²) in [6.45, 7) is 0.190. The molecule has 0 atom stereocenters. The van der Waals surface area contributed by atoms with E-state index < -0.39 is 0 Å². The van der Waals surface area contributed by atoms with Crippen molar-refractivity contribution in [2.45, 2.75) is 13.1 Å². The molecular formula is C21H16Cl2N4O2. The van der Waals surface area contributed by atoms with E-state index in [-0.39, 0.29) is 18.1 Å². The molecule has 0 spiro atoms. The molecule has 8 heteroatoms. The minimum absolute atomic E-state index is 0.121. The summed E-state index contributed by atoms with van der Waals surface area (Å²) >= 11 is 12.1. The number of carbonyl (C=O) groups excluding carboxylic acids is 1. The van der Waals surface area contributed by atoms with E-state index in [1.54, 1.807) is 41.1 Å². The van der Waals surface area contributed by atoms with Crippen molar-refractivity contribution in [2.75, 3.05) is 5.32 Å². The third kappa shape index (κ3) is 4.04. The lowest BCUT2D eigenvalue weighted by molar-refractivity contribution is -0.116. The van der Waals surface area contributed by atoms with Crippen LogP contribution in [0.15, 0.2) is 71.7 Å². The molecule has 0 bridgehead atoms. The number of carbonyl (C=O) groups is 1. The Morgan fingerprint density at radius 3 is 2.34 bits per heavy atom. The SMILES string of the molecule is O=C(Cn1c(=O)n(Cc2ccc(Cl)c(Cl)c2)c2ccccc21)Nc1ccccn1. The Kier molecular flexibility index (Phi) is 5.38. The predicted octanol–water partition coefficient (Wildman–Crippen LogP) is 4.19. The summed E-state index contributed by atoms with van der Waals surface area (Å²) in [6.07, 6.45) is 1.59. The third-order valence-electron chi connectivity index (χ3n) is 4.48. The molecule has 0 aliphatic heterocycles. The van der Waals surface area contributed by atoms with Gasteiger partial charge in [0.05, 0.1) is 27.6 Å². The van der Waals surface area contributed by atoms with Crippen LogP contribution in [0.5, 0.6) is 0 Å². The minimum atomic E-state index is -0.330. The Balaban J connectivity index is 1.68. The van der Waals surface area contributed by atoms with Crippen molar-refractivity contribution in [3.05, 3.63) is 93.0 Å². The highest BCUT2D eigenvalue weighted by atomic mass is 35.5. The zero-order valence-electron chi connectivity index (χ0n) is 15.2. The van der Waals surface area contributed by atoms with Gasteiger partial charge in [-0.1, -0.05) is 47.5 Å². The Morgan fingerprint density at radius 2 is 1.66 bits per heavy atom. The number of amides is 1. The van der Waals surface area contributed by atoms with Crippen LogP contribution in [0.4, 0.5) is 5.82 Å². The number of aromatic nitrogens is 3. The van der Waals surface area contributed by atoms with Crippen LogP contribution >= 0.6 is 23.2 Å². The maximum Gasteiger partial charge on any atom is 0.329 e. The monoisotopic (exact) mass is 426 g/mol. The van der Waals surface area contributed by atoms with E-state index in [0.717, 1.165) is 11.1 Å². The lowest BCUT2D eigenvalue weighted by Crippen LogP contribution is -2.29. The van der Waals surface area contributed by atoms with Gasteiger partial charge in [-0.25, -0.2) is 9.78 Å². The lowest BCUT2D eigenvalue weighted by Gasteiger charge is -2.06. The van der Waals surface area contributed by atoms with E-state index in [0.29, 0.717) is 27.9 Å². The fourth-order valence-electron chi connectivity index (χ4n) is 3.16. The van der Waals surface area contributed by atoms with Gasteiger partial charge in [-0.2, -0.15) is 0 Å². The van der Waals surface area contributed by atoms with Gasteiger partial charge >= 0.3 is 5.69 Å². The van der Waals surface area contributed by atoms with Crippen LogP contribution in [0, 0.1) is 0 Å². The van der Waals surface area contributed by atoms with Gasteiger partial charge < -0.3 is 5.32 Å². The van der Waals surface area contributed by atoms with Crippen LogP contribution in [0.25, 0.3) is 11.0 Å². The molecule has 0 radical (unpaired) electrons. The maximum absolute atomic E-state index is 13.1. The number of benzene rings is 2. The van der Waals surface area contributed by atoms with Crippen LogP contribution in [-0.2, 0) is 17.9 Å². The first kappa shape index (κ1) is 19.2. The fourth-order valence-corrected chi connectivity index (χ4v) is 3.48. The molecule has 1 amide bonds. The maximum atomic E-state index is 13.1. The quantitative estimate of drug-likeness (QED) is 0.519. The van der Waals surface area contributed by atoms with Gasteiger partial charge in [-0.05, 0) is 42.0 Å². The molecule has 29 heavy (non-hydrogen) atoms. The smallest absolute Gasteiger partial charge is 0.309 e. The molecule has 4 aromatic rings. The number of halogens is 2. The molecule has 0 saturated heterocycles. The average Bonchev–Trinajstić information content (AvgIpc) is 2.97. The second-order valence-electron chi connectivity index (χ2n) is 6.46. The third-order valence-corrected chi connectivity index (χ3v) is 5.22. The highest BCUT2D eigenvalue weighted by molar-refractivity contribution is 6.42. The number of hydrogen-bond donors (Lipinski definition) is 1. The van der Waals surface area contributed by atoms with Crippen molar-refractivity contribution in [3.8, 4) is 0 Å². The minimum Gasteiger partial charge on any atom is -0.309 e. The topological polar surface area (TPSA) is 68.9 Å². The fraction of sp³-hybridized carbons (Fsp3) is 0.0952. The van der Waals surface area contributed by atoms with Gasteiger partial charge in [0.25, 0.3) is 0 Å². The number of anilines is 1. The van der Waals surface area contributed by atoms with E-state index in [2.05, 4.69) is 10.3 Å². The summed E-state index contributed by atoms with van der Waals surface area (Å²) in [5, 5.41) is 3.59. The van der Waals surface area contributed by atoms with E-state index in [4.69, 9.17) is 23.2 Å². The number of nitrogens with one attached hydrogen (secondary N) is 1. The van der Waals surface area contributed by atoms with Crippen molar-refractivity contribution in [3.63, 3.8) is 0 Å². The first-order valence-electron chi connectivity index (χ1n) is 8.86. The second kappa shape index (κ2) is 8.11. The average molecular weight is 427 g/mol. The van der Waals surface area contributed by atoms with Gasteiger partial charge in [0.15, 0.2) is 0 Å². The molecule has 0 unspecified atom stereocenters. The van der Waals surface area contributed by atoms with Gasteiger partial charge in [0.1, 0.15) is 12.4 Å². The first-order chi connectivity index (χ1) is 14.0. The molecule has 0 aliphatic rings. The van der Waals surface area contributed by atoms with Crippen molar-refractivity contribution in [1.29, 1.82) is 0 Å². The Bertz CT molecular complexity index is 1250. The molecule has 0 aliphatic carbocycles. The molecule has 1 N–H and O–H groups in total. The summed E-state index contributed by atoms with van der Waals surface area (Å²) in [4.78, 5) is 29.7. The molecule has 6 nitrogen and oxygen atoms in total. The zero-order chi connectivity index (χ0) is 20.4. The van der Waals surface area contributed by atoms with E-state index in [1.165, 1.54) is 4.57 Å². The highest BCUT2D eigenvalue weighted by Gasteiger charge is 2.16. The zero-order valence-corrected chi connectivity index (χ0v) is 16.7. The number of fused-ring (bicyclic) bond motifs is 1. The van der Waals surface area contributed by atoms with Gasteiger partial charge in [-0.3, -0.25) is 13.9 Å². The molecule has 4 rings (SSSR count). The summed E-state index contributed by atoms with van der Waals surface area (Å²) < 4.78 is 3.06. The van der Waals surface area contributed by atoms with Crippen LogP contribution in [0.2, 0.25) is 10.0 Å². The van der Waals surface area contributed by atoms with E-state index >= 15 is 0 Å². The van der Waals surface area contributed by atoms with Gasteiger partial charge in [-0.15, -0.1) is 0 Å². The highest BCUT2D eigenvalue weighted by Crippen LogP contribution is 2.23. The van der Waals surface area contributed by atoms with Gasteiger partial charge in [0, 0.05) is 6.20 Å². The van der Waals surface area contributed by atoms with Crippen molar-refractivity contribution in [2.24, 2.45) is 0 Å². The molecule has 2 heterocycles. The summed E-state index contributed by atoms with van der Waals surface area (Å²) in [7, 11) is 0. The van der Waals surface area contributed by atoms with E-state index in [1.807, 2.05) is 30.3 Å². The molecule has 2 aromatic carbocycles. The van der Waals surface area contributed by atoms with Gasteiger partial charge in [0.2, 0.25) is 5.91 Å². The number of imidazole rings is 1. The van der Waals surface area contributed by atoms with Crippen molar-refractivity contribution in [1.82, 2.24) is 14.1 Å². The second-order valence-corrected chi connectivity index (χ2v) is 7.27. The number of para-hydroxylation sites is 2. The molecule has 0 fully saturated rings. The van der Waals surface area contributed by atoms with Crippen LogP contribution < -0.4 is 11.0 Å². The number of hydrogen-bond acceptors (Lipinski definition) is 3. The summed E-state index contributed by atoms with van der Waals surface area (Å²) in [6, 6.07) is 17.8. The predicted molar refractivity (Wildman–Crippen MR) is 115 cm³/mol. The molecular weight excluding hydrogens is 411 g/mol. The molecule has 2 aromatic heterocycles. The van der Waals surface area contributed by atoms with Crippen molar-refractivity contribution >= 4 is 46.0 Å². The first-order valence-corrected chi connectivity index (χ1v) is 9.61. The molecule has 146 valence electrons. The number of rotatable bonds is 5. The van der Waals surface area contributed by atoms with Crippen molar-refractivity contribution < 1.29 is 4.79 Å². The van der Waals surface area contributed by atoms with E-state index in [9.17, 15) is 9.59 Å². The summed E-state index contributed by atoms with van der Waals surface area (Å²) in [5.74, 6) is 0.105. The standard InChI is InChI=1S/C21H16Cl2N4O2/c22-15-9-8-14(11-16(15)23)12-26-17-5-1-2-6-18(17)27(21(26)29)13-20(28)25-19-7-3-4-10-24-19/h1-11H,12-13H2,(H,24,25,28). The normalized spacial score (nSPS) is 11.0. The Labute approximate surface area is 176 Å². The summed E-state index contributed by atoms with van der Waals surface area (Å²) in [5.41, 5.74) is 1.96. The van der Waals surface area contributed by atoms with Crippen LogP contribution in [-0.4, -0.2) is 20.0 Å². The lowest BCUT2D eigenvalue weighted by atomic mass is 10.2. The van der Waals surface area contributed by atoms with Crippen LogP contribution in [0.1, 0.15) is 5.56 Å². The van der Waals surface area contributed by atoms with Crippen LogP contribution in [0.3, 0.4) is 0 Å². The number of nitrogens with zero attached hydrogens (tertiary/aromatic N) is 3. The number of pyridine rings is 1. The Morgan fingerprint density at radius 1 is 0.931 bits per heavy atom. The Hall–Kier alpha value is -3.09. The molecule has 0 saturated carbocycles.